The first-order valence-electron chi connectivity index (χ1n) is 4.52. The minimum atomic E-state index is -1.26. The molecule has 0 heterocycles. The van der Waals surface area contributed by atoms with Gasteiger partial charge < -0.3 is 20.9 Å². The highest BCUT2D eigenvalue weighted by Crippen LogP contribution is 1.92. The van der Waals surface area contributed by atoms with Gasteiger partial charge in [-0.25, -0.2) is 4.79 Å². The molecule has 86 valence electrons. The summed E-state index contributed by atoms with van der Waals surface area (Å²) in [5.74, 6) is -1.32. The van der Waals surface area contributed by atoms with Crippen LogP contribution < -0.4 is 11.1 Å². The molecule has 1 unspecified atom stereocenters. The standard InChI is InChI=1S/C9H16N2O4/c1-3-15-9(14)6(2)4-11-5-7(12)8(10)13/h7,11-12H,2-5H2,1H3,(H2,10,13). The van der Waals surface area contributed by atoms with Gasteiger partial charge in [0, 0.05) is 18.7 Å². The van der Waals surface area contributed by atoms with Crippen LogP contribution in [0, 0.1) is 0 Å². The molecule has 0 fully saturated rings. The number of aliphatic hydroxyl groups excluding tert-OH is 1. The highest BCUT2D eigenvalue weighted by molar-refractivity contribution is 5.88. The van der Waals surface area contributed by atoms with E-state index in [9.17, 15) is 9.59 Å². The van der Waals surface area contributed by atoms with Crippen molar-refractivity contribution >= 4 is 11.9 Å². The molecule has 0 aliphatic heterocycles. The third-order valence-corrected chi connectivity index (χ3v) is 1.57. The second-order valence-corrected chi connectivity index (χ2v) is 2.87. The van der Waals surface area contributed by atoms with Gasteiger partial charge in [0.2, 0.25) is 5.91 Å². The number of nitrogens with one attached hydrogen (secondary N) is 1. The molecule has 0 aromatic heterocycles. The summed E-state index contributed by atoms with van der Waals surface area (Å²) < 4.78 is 4.68. The molecule has 0 radical (unpaired) electrons. The number of hydrogen-bond acceptors (Lipinski definition) is 5. The van der Waals surface area contributed by atoms with Crippen LogP contribution in [0.15, 0.2) is 12.2 Å². The number of carbonyl (C=O) groups is 2. The lowest BCUT2D eigenvalue weighted by molar-refractivity contribution is -0.138. The molecule has 0 rings (SSSR count). The fourth-order valence-corrected chi connectivity index (χ4v) is 0.766. The number of primary amides is 1. The highest BCUT2D eigenvalue weighted by Gasteiger charge is 2.11. The lowest BCUT2D eigenvalue weighted by Crippen LogP contribution is -2.38. The second kappa shape index (κ2) is 6.97. The van der Waals surface area contributed by atoms with Crippen LogP contribution in [-0.4, -0.2) is 42.8 Å². The van der Waals surface area contributed by atoms with Gasteiger partial charge in [0.15, 0.2) is 0 Å². The van der Waals surface area contributed by atoms with Gasteiger partial charge in [-0.2, -0.15) is 0 Å². The molecule has 0 aliphatic rings. The number of aliphatic hydroxyl groups is 1. The van der Waals surface area contributed by atoms with Crippen molar-refractivity contribution < 1.29 is 19.4 Å². The third-order valence-electron chi connectivity index (χ3n) is 1.57. The van der Waals surface area contributed by atoms with Gasteiger partial charge in [-0.3, -0.25) is 4.79 Å². The van der Waals surface area contributed by atoms with Crippen molar-refractivity contribution in [1.82, 2.24) is 5.32 Å². The van der Waals surface area contributed by atoms with Crippen LogP contribution in [0.25, 0.3) is 0 Å². The lowest BCUT2D eigenvalue weighted by Gasteiger charge is -2.09. The van der Waals surface area contributed by atoms with Crippen molar-refractivity contribution in [3.8, 4) is 0 Å². The molecule has 15 heavy (non-hydrogen) atoms. The molecule has 1 amide bonds. The predicted molar refractivity (Wildman–Crippen MR) is 53.8 cm³/mol. The Morgan fingerprint density at radius 2 is 2.20 bits per heavy atom. The molecule has 0 saturated carbocycles. The van der Waals surface area contributed by atoms with Crippen LogP contribution in [0.3, 0.4) is 0 Å². The summed E-state index contributed by atoms with van der Waals surface area (Å²) in [6.07, 6.45) is -1.26. The number of rotatable bonds is 7. The zero-order valence-electron chi connectivity index (χ0n) is 8.66. The van der Waals surface area contributed by atoms with Crippen LogP contribution in [-0.2, 0) is 14.3 Å². The molecule has 0 aliphatic carbocycles. The molecule has 4 N–H and O–H groups in total. The van der Waals surface area contributed by atoms with Crippen molar-refractivity contribution in [2.24, 2.45) is 5.73 Å². The molecule has 0 aromatic rings. The van der Waals surface area contributed by atoms with E-state index >= 15 is 0 Å². The summed E-state index contributed by atoms with van der Waals surface area (Å²) in [5.41, 5.74) is 5.05. The number of esters is 1. The topological polar surface area (TPSA) is 102 Å². The van der Waals surface area contributed by atoms with E-state index in [1.54, 1.807) is 6.92 Å². The number of carbonyl (C=O) groups excluding carboxylic acids is 2. The fraction of sp³-hybridized carbons (Fsp3) is 0.556. The Morgan fingerprint density at radius 3 is 2.67 bits per heavy atom. The third kappa shape index (κ3) is 5.82. The van der Waals surface area contributed by atoms with E-state index in [1.165, 1.54) is 0 Å². The average Bonchev–Trinajstić information content (AvgIpc) is 2.17. The van der Waals surface area contributed by atoms with Crippen molar-refractivity contribution in [2.45, 2.75) is 13.0 Å². The molecule has 0 aromatic carbocycles. The van der Waals surface area contributed by atoms with Gasteiger partial charge in [-0.15, -0.1) is 0 Å². The lowest BCUT2D eigenvalue weighted by atomic mass is 10.3. The summed E-state index contributed by atoms with van der Waals surface area (Å²) in [7, 11) is 0. The highest BCUT2D eigenvalue weighted by atomic mass is 16.5. The minimum Gasteiger partial charge on any atom is -0.463 e. The first-order valence-corrected chi connectivity index (χ1v) is 4.52. The van der Waals surface area contributed by atoms with Gasteiger partial charge >= 0.3 is 5.97 Å². The number of nitrogens with two attached hydrogens (primary N) is 1. The maximum atomic E-state index is 11.0. The maximum absolute atomic E-state index is 11.0. The zero-order chi connectivity index (χ0) is 11.8. The Labute approximate surface area is 88.1 Å². The Kier molecular flexibility index (Phi) is 6.32. The molecule has 6 nitrogen and oxygen atoms in total. The van der Waals surface area contributed by atoms with Gasteiger partial charge in [-0.1, -0.05) is 6.58 Å². The number of hydrogen-bond donors (Lipinski definition) is 3. The Morgan fingerprint density at radius 1 is 1.60 bits per heavy atom. The maximum Gasteiger partial charge on any atom is 0.334 e. The average molecular weight is 216 g/mol. The number of ether oxygens (including phenoxy) is 1. The Hall–Kier alpha value is -1.40. The van der Waals surface area contributed by atoms with Crippen LogP contribution in [0.5, 0.6) is 0 Å². The van der Waals surface area contributed by atoms with E-state index < -0.39 is 18.0 Å². The summed E-state index contributed by atoms with van der Waals surface area (Å²) in [6.45, 7) is 5.57. The fourth-order valence-electron chi connectivity index (χ4n) is 0.766. The normalized spacial score (nSPS) is 11.9. The predicted octanol–water partition coefficient (Wildman–Crippen LogP) is -1.46. The molecular formula is C9H16N2O4. The van der Waals surface area contributed by atoms with E-state index in [4.69, 9.17) is 10.8 Å². The first-order chi connectivity index (χ1) is 6.99. The Bertz CT molecular complexity index is 252. The van der Waals surface area contributed by atoms with E-state index in [-0.39, 0.29) is 25.3 Å². The zero-order valence-corrected chi connectivity index (χ0v) is 8.66. The van der Waals surface area contributed by atoms with Crippen LogP contribution >= 0.6 is 0 Å². The second-order valence-electron chi connectivity index (χ2n) is 2.87. The van der Waals surface area contributed by atoms with E-state index in [2.05, 4.69) is 16.6 Å². The van der Waals surface area contributed by atoms with Gasteiger partial charge in [-0.05, 0) is 6.92 Å². The molecule has 0 saturated heterocycles. The smallest absolute Gasteiger partial charge is 0.334 e. The largest absolute Gasteiger partial charge is 0.463 e. The quantitative estimate of drug-likeness (QED) is 0.356. The van der Waals surface area contributed by atoms with Crippen LogP contribution in [0.4, 0.5) is 0 Å². The molecular weight excluding hydrogens is 200 g/mol. The first kappa shape index (κ1) is 13.6. The summed E-state index contributed by atoms with van der Waals surface area (Å²) in [4.78, 5) is 21.5. The van der Waals surface area contributed by atoms with Crippen molar-refractivity contribution in [3.63, 3.8) is 0 Å². The molecule has 0 bridgehead atoms. The van der Waals surface area contributed by atoms with Gasteiger partial charge in [0.25, 0.3) is 0 Å². The molecule has 0 spiro atoms. The Balaban J connectivity index is 3.72. The van der Waals surface area contributed by atoms with Gasteiger partial charge in [0.1, 0.15) is 6.10 Å². The van der Waals surface area contributed by atoms with Crippen molar-refractivity contribution in [3.05, 3.63) is 12.2 Å². The van der Waals surface area contributed by atoms with Crippen molar-refractivity contribution in [1.29, 1.82) is 0 Å². The van der Waals surface area contributed by atoms with E-state index in [1.807, 2.05) is 0 Å². The van der Waals surface area contributed by atoms with Gasteiger partial charge in [0.05, 0.1) is 6.61 Å². The van der Waals surface area contributed by atoms with Crippen molar-refractivity contribution in [2.75, 3.05) is 19.7 Å². The summed E-state index contributed by atoms with van der Waals surface area (Å²) in [6, 6.07) is 0. The van der Waals surface area contributed by atoms with Crippen LogP contribution in [0.1, 0.15) is 6.92 Å². The molecule has 1 atom stereocenters. The molecule has 6 heteroatoms. The SMILES string of the molecule is C=C(CNCC(O)C(N)=O)C(=O)OCC. The minimum absolute atomic E-state index is 0.0201. The summed E-state index contributed by atoms with van der Waals surface area (Å²) in [5, 5.41) is 11.7. The number of amides is 1. The van der Waals surface area contributed by atoms with E-state index in [0.29, 0.717) is 0 Å². The van der Waals surface area contributed by atoms with E-state index in [0.717, 1.165) is 0 Å². The summed E-state index contributed by atoms with van der Waals surface area (Å²) >= 11 is 0. The monoisotopic (exact) mass is 216 g/mol. The van der Waals surface area contributed by atoms with Crippen LogP contribution in [0.2, 0.25) is 0 Å².